The lowest BCUT2D eigenvalue weighted by Crippen LogP contribution is -2.59. The van der Waals surface area contributed by atoms with Crippen molar-refractivity contribution in [1.82, 2.24) is 4.90 Å². The molecule has 0 saturated carbocycles. The summed E-state index contributed by atoms with van der Waals surface area (Å²) in [5.41, 5.74) is 2.12. The number of likely N-dealkylation sites (N-methyl/N-ethyl adjacent to an activating group) is 1. The van der Waals surface area contributed by atoms with Crippen molar-refractivity contribution in [1.29, 1.82) is 0 Å². The van der Waals surface area contributed by atoms with Gasteiger partial charge in [0.1, 0.15) is 17.8 Å². The van der Waals surface area contributed by atoms with Crippen LogP contribution in [0.5, 0.6) is 0 Å². The summed E-state index contributed by atoms with van der Waals surface area (Å²) in [7, 11) is 1.50. The fraction of sp³-hybridized carbons (Fsp3) is 0.958. The van der Waals surface area contributed by atoms with E-state index in [0.717, 1.165) is 0 Å². The van der Waals surface area contributed by atoms with Crippen molar-refractivity contribution in [3.63, 3.8) is 0 Å². The second-order valence-electron chi connectivity index (χ2n) is 10.1. The summed E-state index contributed by atoms with van der Waals surface area (Å²) in [5, 5.41) is 33.1. The third-order valence-corrected chi connectivity index (χ3v) is 6.60. The first kappa shape index (κ1) is 30.3. The van der Waals surface area contributed by atoms with E-state index in [1.165, 1.54) is 7.05 Å². The van der Waals surface area contributed by atoms with Crippen LogP contribution in [-0.2, 0) is 9.53 Å². The Morgan fingerprint density at radius 2 is 1.58 bits per heavy atom. The van der Waals surface area contributed by atoms with Crippen molar-refractivity contribution in [3.8, 4) is 0 Å². The van der Waals surface area contributed by atoms with Gasteiger partial charge < -0.3 is 25.8 Å². The number of aliphatic hydroxyl groups is 3. The van der Waals surface area contributed by atoms with E-state index in [-0.39, 0.29) is 29.8 Å². The van der Waals surface area contributed by atoms with Crippen LogP contribution in [0.25, 0.3) is 0 Å². The smallest absolute Gasteiger partial charge is 0.309 e. The molecule has 3 unspecified atom stereocenters. The maximum Gasteiger partial charge on any atom is 0.309 e. The third kappa shape index (κ3) is 8.97. The summed E-state index contributed by atoms with van der Waals surface area (Å²) in [5.74, 6) is -0.314. The van der Waals surface area contributed by atoms with E-state index in [9.17, 15) is 20.1 Å². The SMILES string of the molecule is CC[C@H]1OC(=O)C(C)C[C@H](C)C[C@](C)(O)C[C@@H](C)CN(CC)C(C)C(O)[C@]1(C)O.CN. The molecule has 1 saturated heterocycles. The van der Waals surface area contributed by atoms with Crippen LogP contribution in [0.4, 0.5) is 0 Å². The van der Waals surface area contributed by atoms with Crippen LogP contribution >= 0.6 is 0 Å². The fourth-order valence-electron chi connectivity index (χ4n) is 5.17. The Morgan fingerprint density at radius 1 is 1.06 bits per heavy atom. The van der Waals surface area contributed by atoms with Crippen molar-refractivity contribution >= 4 is 5.97 Å². The minimum atomic E-state index is -1.56. The highest BCUT2D eigenvalue weighted by Gasteiger charge is 2.45. The molecule has 1 rings (SSSR count). The van der Waals surface area contributed by atoms with E-state index in [4.69, 9.17) is 4.74 Å². The van der Waals surface area contributed by atoms with E-state index < -0.39 is 23.4 Å². The predicted molar refractivity (Wildman–Crippen MR) is 126 cm³/mol. The number of nitrogens with zero attached hydrogens (tertiary/aromatic N) is 1. The maximum atomic E-state index is 12.7. The molecule has 0 aromatic carbocycles. The predicted octanol–water partition coefficient (Wildman–Crippen LogP) is 2.55. The first-order valence-corrected chi connectivity index (χ1v) is 11.9. The molecule has 31 heavy (non-hydrogen) atoms. The number of carbonyl (C=O) groups excluding carboxylic acids is 1. The van der Waals surface area contributed by atoms with Crippen molar-refractivity contribution in [2.75, 3.05) is 20.1 Å². The van der Waals surface area contributed by atoms with Gasteiger partial charge in [0.15, 0.2) is 0 Å². The van der Waals surface area contributed by atoms with Gasteiger partial charge in [-0.15, -0.1) is 0 Å². The van der Waals surface area contributed by atoms with Crippen LogP contribution in [0.3, 0.4) is 0 Å². The van der Waals surface area contributed by atoms with Gasteiger partial charge in [0.2, 0.25) is 0 Å². The monoisotopic (exact) mass is 446 g/mol. The Balaban J connectivity index is 0.00000436. The zero-order valence-electron chi connectivity index (χ0n) is 21.4. The Kier molecular flexibility index (Phi) is 12.8. The topological polar surface area (TPSA) is 116 Å². The summed E-state index contributed by atoms with van der Waals surface area (Å²) < 4.78 is 5.68. The molecule has 1 heterocycles. The summed E-state index contributed by atoms with van der Waals surface area (Å²) in [6.07, 6.45) is 0.434. The van der Waals surface area contributed by atoms with Gasteiger partial charge in [-0.05, 0) is 71.9 Å². The van der Waals surface area contributed by atoms with Gasteiger partial charge in [0.25, 0.3) is 0 Å². The summed E-state index contributed by atoms with van der Waals surface area (Å²) in [6, 6.07) is -0.323. The van der Waals surface area contributed by atoms with Gasteiger partial charge in [-0.25, -0.2) is 0 Å². The lowest BCUT2D eigenvalue weighted by molar-refractivity contribution is -0.190. The van der Waals surface area contributed by atoms with E-state index in [2.05, 4.69) is 24.5 Å². The number of ether oxygens (including phenoxy) is 1. The standard InChI is InChI=1S/C23H45NO5.CH5N/c1-9-19-23(8,28)20(25)18(6)24(10-2)14-16(4)13-22(7,27)12-15(3)11-17(5)21(26)29-19;1-2/h15-20,25,27-28H,9-14H2,1-8H3;2H2,1H3/t15-,16+,17?,18?,19+,20?,22-,23+;/m0./s1. The molecule has 7 nitrogen and oxygen atoms in total. The average molecular weight is 447 g/mol. The van der Waals surface area contributed by atoms with Gasteiger partial charge in [0.05, 0.1) is 11.5 Å². The maximum absolute atomic E-state index is 12.7. The van der Waals surface area contributed by atoms with Crippen molar-refractivity contribution in [2.24, 2.45) is 23.5 Å². The minimum absolute atomic E-state index is 0.164. The second kappa shape index (κ2) is 13.1. The van der Waals surface area contributed by atoms with E-state index in [0.29, 0.717) is 38.8 Å². The highest BCUT2D eigenvalue weighted by molar-refractivity contribution is 5.72. The Bertz CT molecular complexity index is 526. The normalized spacial score (nSPS) is 41.9. The molecule has 1 fully saturated rings. The molecule has 186 valence electrons. The molecule has 0 spiro atoms. The molecule has 0 aromatic rings. The molecule has 0 radical (unpaired) electrons. The number of aliphatic hydroxyl groups excluding tert-OH is 1. The lowest BCUT2D eigenvalue weighted by Gasteiger charge is -2.42. The molecule has 1 aliphatic rings. The molecule has 7 heteroatoms. The van der Waals surface area contributed by atoms with Gasteiger partial charge in [0, 0.05) is 12.6 Å². The van der Waals surface area contributed by atoms with E-state index in [1.54, 1.807) is 6.92 Å². The Morgan fingerprint density at radius 3 is 2.06 bits per heavy atom. The molecule has 5 N–H and O–H groups in total. The highest BCUT2D eigenvalue weighted by Crippen LogP contribution is 2.31. The van der Waals surface area contributed by atoms with Gasteiger partial charge in [-0.3, -0.25) is 9.69 Å². The van der Waals surface area contributed by atoms with E-state index in [1.807, 2.05) is 34.6 Å². The first-order valence-electron chi connectivity index (χ1n) is 11.9. The molecular formula is C24H50N2O5. The van der Waals surface area contributed by atoms with Crippen molar-refractivity contribution in [2.45, 2.75) is 111 Å². The molecule has 8 atom stereocenters. The fourth-order valence-corrected chi connectivity index (χ4v) is 5.17. The quantitative estimate of drug-likeness (QED) is 0.482. The molecule has 1 aliphatic heterocycles. The number of rotatable bonds is 2. The lowest BCUT2D eigenvalue weighted by atomic mass is 9.82. The summed E-state index contributed by atoms with van der Waals surface area (Å²) in [4.78, 5) is 14.8. The van der Waals surface area contributed by atoms with Gasteiger partial charge >= 0.3 is 5.97 Å². The van der Waals surface area contributed by atoms with Crippen LogP contribution in [0, 0.1) is 17.8 Å². The number of carbonyl (C=O) groups is 1. The average Bonchev–Trinajstić information content (AvgIpc) is 2.68. The van der Waals surface area contributed by atoms with Crippen LogP contribution in [0.2, 0.25) is 0 Å². The third-order valence-electron chi connectivity index (χ3n) is 6.60. The summed E-state index contributed by atoms with van der Waals surface area (Å²) >= 11 is 0. The molecule has 0 aliphatic carbocycles. The van der Waals surface area contributed by atoms with Crippen molar-refractivity contribution < 1.29 is 24.9 Å². The number of hydrogen-bond donors (Lipinski definition) is 4. The van der Waals surface area contributed by atoms with Gasteiger partial charge in [-0.1, -0.05) is 34.6 Å². The largest absolute Gasteiger partial charge is 0.459 e. The molecule has 0 amide bonds. The number of hydrogen-bond acceptors (Lipinski definition) is 7. The van der Waals surface area contributed by atoms with Crippen LogP contribution in [0.15, 0.2) is 0 Å². The van der Waals surface area contributed by atoms with Crippen LogP contribution in [0.1, 0.15) is 81.1 Å². The van der Waals surface area contributed by atoms with Crippen LogP contribution < -0.4 is 5.73 Å². The first-order chi connectivity index (χ1) is 14.2. The second-order valence-corrected chi connectivity index (χ2v) is 10.1. The highest BCUT2D eigenvalue weighted by atomic mass is 16.6. The molecular weight excluding hydrogens is 396 g/mol. The molecule has 0 bridgehead atoms. The van der Waals surface area contributed by atoms with Gasteiger partial charge in [-0.2, -0.15) is 0 Å². The zero-order valence-corrected chi connectivity index (χ0v) is 21.4. The number of nitrogens with two attached hydrogens (primary N) is 1. The minimum Gasteiger partial charge on any atom is -0.459 e. The zero-order chi connectivity index (χ0) is 24.6. The molecule has 0 aromatic heterocycles. The van der Waals surface area contributed by atoms with Crippen molar-refractivity contribution in [3.05, 3.63) is 0 Å². The Labute approximate surface area is 190 Å². The van der Waals surface area contributed by atoms with Crippen LogP contribution in [-0.4, -0.2) is 75.8 Å². The van der Waals surface area contributed by atoms with E-state index >= 15 is 0 Å². The number of esters is 1. The number of cyclic esters (lactones) is 1. The summed E-state index contributed by atoms with van der Waals surface area (Å²) in [6.45, 7) is 16.6. The Hall–Kier alpha value is -0.730.